The normalized spacial score (nSPS) is 21.2. The highest BCUT2D eigenvalue weighted by molar-refractivity contribution is 5.80. The molecule has 1 saturated heterocycles. The van der Waals surface area contributed by atoms with E-state index in [1.165, 1.54) is 148 Å². The van der Waals surface area contributed by atoms with Crippen molar-refractivity contribution in [2.75, 3.05) is 13.2 Å². The second-order valence-corrected chi connectivity index (χ2v) is 18.9. The summed E-state index contributed by atoms with van der Waals surface area (Å²) in [6.45, 7) is 3.41. The van der Waals surface area contributed by atoms with E-state index in [-0.39, 0.29) is 12.8 Å². The Kier molecular flexibility index (Phi) is 41.1. The van der Waals surface area contributed by atoms with Crippen LogP contribution in [0, 0.1) is 0 Å². The summed E-state index contributed by atoms with van der Waals surface area (Å²) >= 11 is 0. The second-order valence-electron chi connectivity index (χ2n) is 18.9. The van der Waals surface area contributed by atoms with Gasteiger partial charge in [0.1, 0.15) is 36.6 Å². The third-order valence-corrected chi connectivity index (χ3v) is 12.9. The van der Waals surface area contributed by atoms with Gasteiger partial charge >= 0.3 is 0 Å². The summed E-state index contributed by atoms with van der Waals surface area (Å²) in [4.78, 5) is 13.1. The van der Waals surface area contributed by atoms with Gasteiger partial charge in [0.25, 0.3) is 0 Å². The van der Waals surface area contributed by atoms with E-state index in [4.69, 9.17) is 9.47 Å². The molecule has 0 radical (unpaired) electrons. The first-order valence-electron chi connectivity index (χ1n) is 26.9. The molecule has 8 N–H and O–H groups in total. The van der Waals surface area contributed by atoms with Crippen molar-refractivity contribution >= 4 is 5.91 Å². The number of hydrogen-bond donors (Lipinski definition) is 8. The minimum Gasteiger partial charge on any atom is -0.394 e. The maximum atomic E-state index is 13.1. The van der Waals surface area contributed by atoms with E-state index < -0.39 is 74.2 Å². The number of hydrogen-bond acceptors (Lipinski definition) is 10. The highest BCUT2D eigenvalue weighted by atomic mass is 16.7. The Hall–Kier alpha value is -1.67. The number of ether oxygens (including phenoxy) is 2. The first-order valence-corrected chi connectivity index (χ1v) is 26.9. The predicted octanol–water partition coefficient (Wildman–Crippen LogP) is 10.3. The van der Waals surface area contributed by atoms with Crippen molar-refractivity contribution in [2.24, 2.45) is 0 Å². The number of aliphatic hydroxyl groups excluding tert-OH is 7. The van der Waals surface area contributed by atoms with Crippen molar-refractivity contribution in [3.8, 4) is 0 Å². The minimum absolute atomic E-state index is 0.245. The zero-order chi connectivity index (χ0) is 47.6. The van der Waals surface area contributed by atoms with Gasteiger partial charge < -0.3 is 50.5 Å². The molecule has 11 heteroatoms. The van der Waals surface area contributed by atoms with Crippen LogP contribution >= 0.6 is 0 Å². The van der Waals surface area contributed by atoms with E-state index in [0.717, 1.165) is 38.5 Å². The molecule has 0 aliphatic carbocycles. The van der Waals surface area contributed by atoms with Gasteiger partial charge in [0.05, 0.1) is 25.4 Å². The monoisotopic (exact) mass is 924 g/mol. The highest BCUT2D eigenvalue weighted by Crippen LogP contribution is 2.23. The molecule has 0 aromatic heterocycles. The maximum absolute atomic E-state index is 13.1. The maximum Gasteiger partial charge on any atom is 0.249 e. The quantitative estimate of drug-likeness (QED) is 0.0216. The Morgan fingerprint density at radius 2 is 0.923 bits per heavy atom. The molecule has 0 aromatic rings. The Balaban J connectivity index is 2.33. The number of carbonyl (C=O) groups excluding carboxylic acids is 1. The third-order valence-electron chi connectivity index (χ3n) is 12.9. The number of rotatable bonds is 45. The second kappa shape index (κ2) is 43.6. The van der Waals surface area contributed by atoms with Crippen molar-refractivity contribution in [1.82, 2.24) is 5.32 Å². The molecule has 0 spiro atoms. The highest BCUT2D eigenvalue weighted by Gasteiger charge is 2.44. The van der Waals surface area contributed by atoms with Crippen LogP contribution in [0.25, 0.3) is 0 Å². The molecule has 11 nitrogen and oxygen atoms in total. The number of carbonyl (C=O) groups is 1. The SMILES string of the molecule is CCCCCC/C=C/CC/C=C/CCCC(O)C(O)C(COC1OC(CO)C(O)C(O)C1O)NC(=O)C(O)CCCCCCCCCCC/C=C\CCCCCCCCCCCCCC. The summed E-state index contributed by atoms with van der Waals surface area (Å²) in [6.07, 6.45) is 40.6. The average Bonchev–Trinajstić information content (AvgIpc) is 3.31. The van der Waals surface area contributed by atoms with Crippen LogP contribution in [-0.2, 0) is 14.3 Å². The lowest BCUT2D eigenvalue weighted by molar-refractivity contribution is -0.303. The fourth-order valence-corrected chi connectivity index (χ4v) is 8.45. The largest absolute Gasteiger partial charge is 0.394 e. The van der Waals surface area contributed by atoms with Crippen LogP contribution in [0.5, 0.6) is 0 Å². The zero-order valence-corrected chi connectivity index (χ0v) is 41.5. The van der Waals surface area contributed by atoms with Gasteiger partial charge in [0.15, 0.2) is 6.29 Å². The van der Waals surface area contributed by atoms with E-state index in [1.807, 2.05) is 0 Å². The van der Waals surface area contributed by atoms with Crippen molar-refractivity contribution in [1.29, 1.82) is 0 Å². The molecular weight excluding hydrogens is 823 g/mol. The van der Waals surface area contributed by atoms with Crippen LogP contribution in [0.3, 0.4) is 0 Å². The molecule has 1 fully saturated rings. The van der Waals surface area contributed by atoms with E-state index >= 15 is 0 Å². The average molecular weight is 924 g/mol. The smallest absolute Gasteiger partial charge is 0.249 e. The zero-order valence-electron chi connectivity index (χ0n) is 41.5. The standard InChI is InChI=1S/C54H101NO10/c1-3-5-7-9-11-13-15-17-18-19-20-21-22-23-24-25-26-27-28-30-32-34-36-38-40-42-47(58)53(63)55-45(44-64-54-52(62)51(61)50(60)48(43-56)65-54)49(59)46(57)41-39-37-35-33-31-29-16-14-12-10-8-6-4-2/h14,16,23-24,33,35,45-52,54,56-62H,3-13,15,17-22,25-32,34,36-44H2,1-2H3,(H,55,63)/b16-14+,24-23-,35-33+. The fourth-order valence-electron chi connectivity index (χ4n) is 8.45. The summed E-state index contributed by atoms with van der Waals surface area (Å²) in [5.74, 6) is -0.712. The molecule has 1 aliphatic heterocycles. The van der Waals surface area contributed by atoms with Crippen LogP contribution in [0.15, 0.2) is 36.5 Å². The van der Waals surface area contributed by atoms with Crippen molar-refractivity contribution in [3.05, 3.63) is 36.5 Å². The fraction of sp³-hybridized carbons (Fsp3) is 0.870. The number of amides is 1. The molecular formula is C54H101NO10. The molecule has 65 heavy (non-hydrogen) atoms. The van der Waals surface area contributed by atoms with Gasteiger partial charge in [-0.3, -0.25) is 4.79 Å². The van der Waals surface area contributed by atoms with Gasteiger partial charge in [-0.2, -0.15) is 0 Å². The molecule has 1 rings (SSSR count). The number of unbranched alkanes of at least 4 members (excludes halogenated alkanes) is 27. The van der Waals surface area contributed by atoms with E-state index in [2.05, 4.69) is 55.6 Å². The van der Waals surface area contributed by atoms with Crippen molar-refractivity contribution in [3.63, 3.8) is 0 Å². The lowest BCUT2D eigenvalue weighted by atomic mass is 9.98. The minimum atomic E-state index is -1.67. The summed E-state index contributed by atoms with van der Waals surface area (Å²) in [6, 6.07) is -1.19. The topological polar surface area (TPSA) is 189 Å². The van der Waals surface area contributed by atoms with Crippen LogP contribution in [0.1, 0.15) is 232 Å². The Morgan fingerprint density at radius 3 is 1.38 bits per heavy atom. The molecule has 1 aliphatic rings. The van der Waals surface area contributed by atoms with E-state index in [9.17, 15) is 40.5 Å². The first-order chi connectivity index (χ1) is 31.7. The summed E-state index contributed by atoms with van der Waals surface area (Å²) in [7, 11) is 0. The lowest BCUT2D eigenvalue weighted by Gasteiger charge is -2.40. The number of allylic oxidation sites excluding steroid dienone is 6. The molecule has 9 atom stereocenters. The molecule has 0 aromatic carbocycles. The molecule has 382 valence electrons. The van der Waals surface area contributed by atoms with Gasteiger partial charge in [0, 0.05) is 0 Å². The molecule has 1 amide bonds. The summed E-state index contributed by atoms with van der Waals surface area (Å²) in [5.41, 5.74) is 0. The third kappa shape index (κ3) is 32.7. The van der Waals surface area contributed by atoms with Gasteiger partial charge in [-0.05, 0) is 77.0 Å². The Morgan fingerprint density at radius 1 is 0.523 bits per heavy atom. The Bertz CT molecular complexity index is 1150. The van der Waals surface area contributed by atoms with Gasteiger partial charge in [-0.1, -0.05) is 192 Å². The van der Waals surface area contributed by atoms with E-state index in [1.54, 1.807) is 0 Å². The molecule has 1 heterocycles. The van der Waals surface area contributed by atoms with Gasteiger partial charge in [-0.15, -0.1) is 0 Å². The lowest BCUT2D eigenvalue weighted by Crippen LogP contribution is -2.60. The summed E-state index contributed by atoms with van der Waals surface area (Å²) < 4.78 is 11.1. The van der Waals surface area contributed by atoms with Crippen LogP contribution in [0.2, 0.25) is 0 Å². The first kappa shape index (κ1) is 61.3. The van der Waals surface area contributed by atoms with Crippen molar-refractivity contribution < 1.29 is 50.0 Å². The van der Waals surface area contributed by atoms with Crippen LogP contribution in [-0.4, -0.2) is 110 Å². The van der Waals surface area contributed by atoms with Crippen molar-refractivity contribution in [2.45, 2.75) is 287 Å². The number of nitrogens with one attached hydrogen (secondary N) is 1. The van der Waals surface area contributed by atoms with E-state index in [0.29, 0.717) is 19.3 Å². The van der Waals surface area contributed by atoms with Gasteiger partial charge in [0.2, 0.25) is 5.91 Å². The van der Waals surface area contributed by atoms with Crippen LogP contribution < -0.4 is 5.32 Å². The Labute approximate surface area is 397 Å². The van der Waals surface area contributed by atoms with Gasteiger partial charge in [-0.25, -0.2) is 0 Å². The molecule has 9 unspecified atom stereocenters. The summed E-state index contributed by atoms with van der Waals surface area (Å²) in [5, 5.41) is 75.8. The molecule has 0 saturated carbocycles. The number of aliphatic hydroxyl groups is 7. The molecule has 0 bridgehead atoms. The van der Waals surface area contributed by atoms with Crippen LogP contribution in [0.4, 0.5) is 0 Å². The predicted molar refractivity (Wildman–Crippen MR) is 265 cm³/mol.